The highest BCUT2D eigenvalue weighted by atomic mass is 16.5. The van der Waals surface area contributed by atoms with Gasteiger partial charge in [-0.1, -0.05) is 13.8 Å². The minimum atomic E-state index is -0.850. The molecule has 0 aliphatic carbocycles. The van der Waals surface area contributed by atoms with E-state index in [1.165, 1.54) is 0 Å². The van der Waals surface area contributed by atoms with Crippen LogP contribution in [0.1, 0.15) is 19.4 Å². The molecule has 0 aliphatic heterocycles. The topological polar surface area (TPSA) is 67.8 Å². The number of carbonyl (C=O) groups is 1. The average Bonchev–Trinajstić information content (AvgIpc) is 2.37. The first-order valence-corrected chi connectivity index (χ1v) is 6.16. The van der Waals surface area contributed by atoms with Crippen LogP contribution in [0.15, 0.2) is 18.2 Å². The molecule has 0 saturated carbocycles. The molecule has 1 aromatic rings. The van der Waals surface area contributed by atoms with Crippen LogP contribution in [-0.4, -0.2) is 31.3 Å². The van der Waals surface area contributed by atoms with Crippen LogP contribution in [0, 0.1) is 5.92 Å². The van der Waals surface area contributed by atoms with Crippen molar-refractivity contribution < 1.29 is 19.4 Å². The van der Waals surface area contributed by atoms with Gasteiger partial charge in [0.1, 0.15) is 17.5 Å². The van der Waals surface area contributed by atoms with Gasteiger partial charge in [0.15, 0.2) is 0 Å². The lowest BCUT2D eigenvalue weighted by molar-refractivity contribution is -0.140. The Kier molecular flexibility index (Phi) is 5.63. The van der Waals surface area contributed by atoms with Gasteiger partial charge in [-0.15, -0.1) is 0 Å². The van der Waals surface area contributed by atoms with Crippen LogP contribution in [0.5, 0.6) is 11.5 Å². The Labute approximate surface area is 113 Å². The van der Waals surface area contributed by atoms with Crippen LogP contribution >= 0.6 is 0 Å². The summed E-state index contributed by atoms with van der Waals surface area (Å²) in [5.74, 6) is 0.584. The van der Waals surface area contributed by atoms with Gasteiger partial charge in [-0.2, -0.15) is 0 Å². The van der Waals surface area contributed by atoms with Crippen LogP contribution in [-0.2, 0) is 11.3 Å². The molecule has 0 bridgehead atoms. The number of nitrogens with one attached hydrogen (secondary N) is 1. The lowest BCUT2D eigenvalue weighted by Gasteiger charge is -2.19. The first kappa shape index (κ1) is 15.3. The summed E-state index contributed by atoms with van der Waals surface area (Å²) < 4.78 is 10.4. The van der Waals surface area contributed by atoms with Gasteiger partial charge in [0.25, 0.3) is 0 Å². The van der Waals surface area contributed by atoms with E-state index in [1.807, 2.05) is 19.9 Å². The van der Waals surface area contributed by atoms with Crippen molar-refractivity contribution in [3.8, 4) is 11.5 Å². The molecular weight excluding hydrogens is 246 g/mol. The van der Waals surface area contributed by atoms with E-state index in [1.54, 1.807) is 26.4 Å². The van der Waals surface area contributed by atoms with Crippen molar-refractivity contribution in [2.45, 2.75) is 26.4 Å². The number of carboxylic acid groups (broad SMARTS) is 1. The third-order valence-electron chi connectivity index (χ3n) is 2.93. The van der Waals surface area contributed by atoms with Gasteiger partial charge in [-0.25, -0.2) is 0 Å². The molecule has 0 aliphatic rings. The first-order valence-electron chi connectivity index (χ1n) is 6.16. The fourth-order valence-electron chi connectivity index (χ4n) is 1.85. The normalized spacial score (nSPS) is 12.3. The largest absolute Gasteiger partial charge is 0.497 e. The number of rotatable bonds is 7. The van der Waals surface area contributed by atoms with Gasteiger partial charge in [-0.3, -0.25) is 10.1 Å². The number of hydrogen-bond acceptors (Lipinski definition) is 4. The molecule has 1 aromatic carbocycles. The van der Waals surface area contributed by atoms with Crippen molar-refractivity contribution in [3.63, 3.8) is 0 Å². The molecule has 0 unspecified atom stereocenters. The Morgan fingerprint density at radius 3 is 2.47 bits per heavy atom. The maximum Gasteiger partial charge on any atom is 0.320 e. The molecule has 2 N–H and O–H groups in total. The van der Waals surface area contributed by atoms with Gasteiger partial charge in [0.2, 0.25) is 0 Å². The summed E-state index contributed by atoms with van der Waals surface area (Å²) in [4.78, 5) is 11.1. The van der Waals surface area contributed by atoms with Crippen molar-refractivity contribution in [2.24, 2.45) is 5.92 Å². The van der Waals surface area contributed by atoms with E-state index in [-0.39, 0.29) is 5.92 Å². The zero-order valence-corrected chi connectivity index (χ0v) is 11.8. The minimum Gasteiger partial charge on any atom is -0.497 e. The monoisotopic (exact) mass is 267 g/mol. The molecular formula is C14H21NO4. The Balaban J connectivity index is 2.83. The van der Waals surface area contributed by atoms with Crippen molar-refractivity contribution >= 4 is 5.97 Å². The Hall–Kier alpha value is -1.75. The molecule has 5 heteroatoms. The maximum atomic E-state index is 11.1. The van der Waals surface area contributed by atoms with E-state index < -0.39 is 12.0 Å². The standard InChI is InChI=1S/C14H21NO4/c1-9(2)13(14(16)17)15-8-10-7-11(18-3)5-6-12(10)19-4/h5-7,9,13,15H,8H2,1-4H3,(H,16,17)/t13-/m0/s1. The molecule has 0 radical (unpaired) electrons. The van der Waals surface area contributed by atoms with Gasteiger partial charge >= 0.3 is 5.97 Å². The predicted molar refractivity (Wildman–Crippen MR) is 72.6 cm³/mol. The number of benzene rings is 1. The van der Waals surface area contributed by atoms with Gasteiger partial charge < -0.3 is 14.6 Å². The molecule has 106 valence electrons. The van der Waals surface area contributed by atoms with E-state index in [0.717, 1.165) is 5.56 Å². The summed E-state index contributed by atoms with van der Waals surface area (Å²) in [6, 6.07) is 4.86. The second kappa shape index (κ2) is 6.99. The fraction of sp³-hybridized carbons (Fsp3) is 0.500. The molecule has 0 heterocycles. The van der Waals surface area contributed by atoms with E-state index >= 15 is 0 Å². The third kappa shape index (κ3) is 4.13. The maximum absolute atomic E-state index is 11.1. The second-order valence-corrected chi connectivity index (χ2v) is 4.62. The van der Waals surface area contributed by atoms with Crippen LogP contribution in [0.25, 0.3) is 0 Å². The second-order valence-electron chi connectivity index (χ2n) is 4.62. The summed E-state index contributed by atoms with van der Waals surface area (Å²) in [5.41, 5.74) is 0.869. The Morgan fingerprint density at radius 2 is 2.00 bits per heavy atom. The first-order chi connectivity index (χ1) is 8.99. The highest BCUT2D eigenvalue weighted by Gasteiger charge is 2.21. The fourth-order valence-corrected chi connectivity index (χ4v) is 1.85. The van der Waals surface area contributed by atoms with Crippen molar-refractivity contribution in [1.29, 1.82) is 0 Å². The van der Waals surface area contributed by atoms with Crippen LogP contribution in [0.4, 0.5) is 0 Å². The summed E-state index contributed by atoms with van der Waals surface area (Å²) in [5, 5.41) is 12.2. The Bertz CT molecular complexity index is 431. The quantitative estimate of drug-likeness (QED) is 0.789. The molecule has 5 nitrogen and oxygen atoms in total. The van der Waals surface area contributed by atoms with Gasteiger partial charge in [0.05, 0.1) is 14.2 Å². The highest BCUT2D eigenvalue weighted by molar-refractivity contribution is 5.73. The minimum absolute atomic E-state index is 0.00843. The van der Waals surface area contributed by atoms with Crippen molar-refractivity contribution in [1.82, 2.24) is 5.32 Å². The summed E-state index contributed by atoms with van der Waals surface area (Å²) in [6.07, 6.45) is 0. The summed E-state index contributed by atoms with van der Waals surface area (Å²) in [6.45, 7) is 4.15. The van der Waals surface area contributed by atoms with Crippen LogP contribution < -0.4 is 14.8 Å². The van der Waals surface area contributed by atoms with Gasteiger partial charge in [0, 0.05) is 12.1 Å². The smallest absolute Gasteiger partial charge is 0.320 e. The summed E-state index contributed by atoms with van der Waals surface area (Å²) >= 11 is 0. The highest BCUT2D eigenvalue weighted by Crippen LogP contribution is 2.24. The number of methoxy groups -OCH3 is 2. The van der Waals surface area contributed by atoms with E-state index in [9.17, 15) is 4.79 Å². The SMILES string of the molecule is COc1ccc(OC)c(CN[C@H](C(=O)O)C(C)C)c1. The molecule has 0 saturated heterocycles. The predicted octanol–water partition coefficient (Wildman–Crippen LogP) is 1.90. The summed E-state index contributed by atoms with van der Waals surface area (Å²) in [7, 11) is 3.18. The molecule has 0 amide bonds. The molecule has 1 atom stereocenters. The lowest BCUT2D eigenvalue weighted by atomic mass is 10.0. The van der Waals surface area contributed by atoms with Crippen LogP contribution in [0.2, 0.25) is 0 Å². The molecule has 0 aromatic heterocycles. The van der Waals surface area contributed by atoms with E-state index in [4.69, 9.17) is 14.6 Å². The third-order valence-corrected chi connectivity index (χ3v) is 2.93. The van der Waals surface area contributed by atoms with Crippen LogP contribution in [0.3, 0.4) is 0 Å². The van der Waals surface area contributed by atoms with E-state index in [0.29, 0.717) is 18.0 Å². The average molecular weight is 267 g/mol. The molecule has 19 heavy (non-hydrogen) atoms. The van der Waals surface area contributed by atoms with Gasteiger partial charge in [-0.05, 0) is 24.1 Å². The molecule has 0 spiro atoms. The number of carboxylic acids is 1. The lowest BCUT2D eigenvalue weighted by Crippen LogP contribution is -2.40. The number of hydrogen-bond donors (Lipinski definition) is 2. The number of ether oxygens (including phenoxy) is 2. The Morgan fingerprint density at radius 1 is 1.32 bits per heavy atom. The molecule has 0 fully saturated rings. The molecule has 1 rings (SSSR count). The van der Waals surface area contributed by atoms with E-state index in [2.05, 4.69) is 5.32 Å². The van der Waals surface area contributed by atoms with Crippen molar-refractivity contribution in [2.75, 3.05) is 14.2 Å². The number of aliphatic carboxylic acids is 1. The van der Waals surface area contributed by atoms with Crippen molar-refractivity contribution in [3.05, 3.63) is 23.8 Å². The zero-order valence-electron chi connectivity index (χ0n) is 11.8. The zero-order chi connectivity index (χ0) is 14.4.